The Labute approximate surface area is 104 Å². The Morgan fingerprint density at radius 3 is 2.39 bits per heavy atom. The molecule has 1 aromatic rings. The molecule has 0 aromatic carbocycles. The molecule has 0 fully saturated rings. The number of nitrogens with one attached hydrogen (secondary N) is 2. The van der Waals surface area contributed by atoms with Gasteiger partial charge in [0.1, 0.15) is 0 Å². The molecule has 3 nitrogen and oxygen atoms in total. The maximum Gasteiger partial charge on any atom is 0.441 e. The summed E-state index contributed by atoms with van der Waals surface area (Å²) in [4.78, 5) is 3.56. The fourth-order valence-corrected chi connectivity index (χ4v) is 1.54. The van der Waals surface area contributed by atoms with Gasteiger partial charge in [0.25, 0.3) is 0 Å². The van der Waals surface area contributed by atoms with E-state index in [0.29, 0.717) is 6.07 Å². The third kappa shape index (κ3) is 4.55. The summed E-state index contributed by atoms with van der Waals surface area (Å²) in [5.74, 6) is -2.59. The molecule has 0 bridgehead atoms. The molecule has 1 aromatic heterocycles. The van der Waals surface area contributed by atoms with Gasteiger partial charge in [-0.05, 0) is 11.8 Å². The maximum atomic E-state index is 13.2. The summed E-state index contributed by atoms with van der Waals surface area (Å²) in [6.07, 6.45) is 0. The molecule has 18 heavy (non-hydrogen) atoms. The summed E-state index contributed by atoms with van der Waals surface area (Å²) in [7, 11) is 1.40. The first-order valence-corrected chi connectivity index (χ1v) is 5.80. The SMILES string of the molecule is CNc1nc(NCCSC(F)(F)F)c(F)cc1F. The molecule has 2 N–H and O–H groups in total. The van der Waals surface area contributed by atoms with Crippen molar-refractivity contribution >= 4 is 23.4 Å². The minimum absolute atomic E-state index is 0.136. The van der Waals surface area contributed by atoms with Gasteiger partial charge in [0.15, 0.2) is 23.3 Å². The first-order chi connectivity index (χ1) is 8.33. The highest BCUT2D eigenvalue weighted by Crippen LogP contribution is 2.29. The molecule has 9 heteroatoms. The highest BCUT2D eigenvalue weighted by Gasteiger charge is 2.27. The van der Waals surface area contributed by atoms with Crippen molar-refractivity contribution in [2.45, 2.75) is 5.51 Å². The number of halogens is 5. The first kappa shape index (κ1) is 14.8. The van der Waals surface area contributed by atoms with Crippen LogP contribution in [0.1, 0.15) is 0 Å². The molecule has 0 aliphatic rings. The van der Waals surface area contributed by atoms with E-state index in [1.165, 1.54) is 7.05 Å². The monoisotopic (exact) mass is 287 g/mol. The lowest BCUT2D eigenvalue weighted by Gasteiger charge is -2.10. The predicted molar refractivity (Wildman–Crippen MR) is 60.7 cm³/mol. The van der Waals surface area contributed by atoms with Crippen molar-refractivity contribution in [3.05, 3.63) is 17.7 Å². The fourth-order valence-electron chi connectivity index (χ4n) is 1.10. The van der Waals surface area contributed by atoms with Crippen LogP contribution in [0.2, 0.25) is 0 Å². The molecule has 0 radical (unpaired) electrons. The molecular formula is C9H10F5N3S. The topological polar surface area (TPSA) is 37.0 Å². The second-order valence-electron chi connectivity index (χ2n) is 3.12. The predicted octanol–water partition coefficient (Wildman–Crippen LogP) is 3.07. The van der Waals surface area contributed by atoms with Crippen LogP contribution in [0.15, 0.2) is 6.07 Å². The van der Waals surface area contributed by atoms with Crippen LogP contribution in [0.4, 0.5) is 33.6 Å². The molecule has 0 saturated heterocycles. The summed E-state index contributed by atoms with van der Waals surface area (Å²) < 4.78 is 61.7. The second-order valence-corrected chi connectivity index (χ2v) is 4.28. The van der Waals surface area contributed by atoms with Crippen LogP contribution in [0, 0.1) is 11.6 Å². The Balaban J connectivity index is 2.57. The number of anilines is 2. The van der Waals surface area contributed by atoms with Crippen LogP contribution in [-0.4, -0.2) is 29.8 Å². The first-order valence-electron chi connectivity index (χ1n) is 4.82. The standard InChI is InChI=1S/C9H10F5N3S/c1-15-7-5(10)4-6(11)8(17-7)16-2-3-18-9(12,13)14/h4H,2-3H2,1H3,(H2,15,16,17). The molecule has 0 aliphatic heterocycles. The number of aromatic nitrogens is 1. The lowest BCUT2D eigenvalue weighted by atomic mass is 10.4. The van der Waals surface area contributed by atoms with Crippen molar-refractivity contribution in [2.75, 3.05) is 30.0 Å². The second kappa shape index (κ2) is 6.07. The normalized spacial score (nSPS) is 11.4. The summed E-state index contributed by atoms with van der Waals surface area (Å²) >= 11 is -0.231. The number of rotatable bonds is 5. The van der Waals surface area contributed by atoms with E-state index in [0.717, 1.165) is 0 Å². The van der Waals surface area contributed by atoms with Gasteiger partial charge in [0.2, 0.25) is 0 Å². The van der Waals surface area contributed by atoms with Crippen molar-refractivity contribution in [1.29, 1.82) is 0 Å². The van der Waals surface area contributed by atoms with E-state index in [9.17, 15) is 22.0 Å². The highest BCUT2D eigenvalue weighted by molar-refractivity contribution is 8.00. The van der Waals surface area contributed by atoms with Crippen molar-refractivity contribution in [1.82, 2.24) is 4.98 Å². The van der Waals surface area contributed by atoms with Gasteiger partial charge in [-0.15, -0.1) is 0 Å². The molecule has 1 rings (SSSR count). The van der Waals surface area contributed by atoms with E-state index >= 15 is 0 Å². The van der Waals surface area contributed by atoms with Crippen LogP contribution in [0.25, 0.3) is 0 Å². The van der Waals surface area contributed by atoms with Crippen molar-refractivity contribution in [2.24, 2.45) is 0 Å². The Hall–Kier alpha value is -1.25. The summed E-state index contributed by atoms with van der Waals surface area (Å²) in [5.41, 5.74) is -4.33. The maximum absolute atomic E-state index is 13.2. The van der Waals surface area contributed by atoms with Crippen LogP contribution in [-0.2, 0) is 0 Å². The average Bonchev–Trinajstić information content (AvgIpc) is 2.25. The summed E-state index contributed by atoms with van der Waals surface area (Å²) in [6, 6.07) is 0.609. The van der Waals surface area contributed by atoms with Gasteiger partial charge in [-0.1, -0.05) is 0 Å². The number of hydrogen-bond acceptors (Lipinski definition) is 4. The Morgan fingerprint density at radius 1 is 1.22 bits per heavy atom. The molecule has 1 heterocycles. The number of pyridine rings is 1. The summed E-state index contributed by atoms with van der Waals surface area (Å²) in [6.45, 7) is -0.136. The zero-order valence-corrected chi connectivity index (χ0v) is 10.1. The van der Waals surface area contributed by atoms with Gasteiger partial charge in [-0.25, -0.2) is 13.8 Å². The van der Waals surface area contributed by atoms with Crippen molar-refractivity contribution in [3.8, 4) is 0 Å². The van der Waals surface area contributed by atoms with E-state index in [1.807, 2.05) is 0 Å². The van der Waals surface area contributed by atoms with Crippen LogP contribution < -0.4 is 10.6 Å². The van der Waals surface area contributed by atoms with Gasteiger partial charge >= 0.3 is 5.51 Å². The number of thioether (sulfide) groups is 1. The smallest absolute Gasteiger partial charge is 0.371 e. The largest absolute Gasteiger partial charge is 0.441 e. The van der Waals surface area contributed by atoms with Crippen LogP contribution in [0.3, 0.4) is 0 Å². The molecule has 0 saturated carbocycles. The van der Waals surface area contributed by atoms with Crippen LogP contribution in [0.5, 0.6) is 0 Å². The Morgan fingerprint density at radius 2 is 1.83 bits per heavy atom. The fraction of sp³-hybridized carbons (Fsp3) is 0.444. The Kier molecular flexibility index (Phi) is 5.00. The average molecular weight is 287 g/mol. The number of hydrogen-bond donors (Lipinski definition) is 2. The molecule has 0 atom stereocenters. The zero-order valence-electron chi connectivity index (χ0n) is 9.24. The minimum Gasteiger partial charge on any atom is -0.371 e. The molecule has 102 valence electrons. The van der Waals surface area contributed by atoms with Crippen molar-refractivity contribution in [3.63, 3.8) is 0 Å². The lowest BCUT2D eigenvalue weighted by molar-refractivity contribution is -0.0327. The van der Waals surface area contributed by atoms with E-state index in [1.54, 1.807) is 0 Å². The Bertz CT molecular complexity index is 410. The third-order valence-electron chi connectivity index (χ3n) is 1.83. The molecule has 0 unspecified atom stereocenters. The third-order valence-corrected chi connectivity index (χ3v) is 2.56. The van der Waals surface area contributed by atoms with Crippen LogP contribution >= 0.6 is 11.8 Å². The molecular weight excluding hydrogens is 277 g/mol. The number of alkyl halides is 3. The van der Waals surface area contributed by atoms with Gasteiger partial charge < -0.3 is 10.6 Å². The molecule has 0 aliphatic carbocycles. The van der Waals surface area contributed by atoms with Gasteiger partial charge in [-0.3, -0.25) is 0 Å². The lowest BCUT2D eigenvalue weighted by Crippen LogP contribution is -2.12. The zero-order chi connectivity index (χ0) is 13.8. The van der Waals surface area contributed by atoms with E-state index in [2.05, 4.69) is 15.6 Å². The van der Waals surface area contributed by atoms with Gasteiger partial charge in [0.05, 0.1) is 0 Å². The minimum atomic E-state index is -4.33. The molecule has 0 amide bonds. The number of nitrogens with zero attached hydrogens (tertiary/aromatic N) is 1. The van der Waals surface area contributed by atoms with E-state index in [4.69, 9.17) is 0 Å². The van der Waals surface area contributed by atoms with Crippen molar-refractivity contribution < 1.29 is 22.0 Å². The van der Waals surface area contributed by atoms with E-state index in [-0.39, 0.29) is 35.7 Å². The molecule has 0 spiro atoms. The highest BCUT2D eigenvalue weighted by atomic mass is 32.2. The van der Waals surface area contributed by atoms with Gasteiger partial charge in [0, 0.05) is 25.4 Å². The van der Waals surface area contributed by atoms with Gasteiger partial charge in [-0.2, -0.15) is 13.2 Å². The quantitative estimate of drug-likeness (QED) is 0.644. The summed E-state index contributed by atoms with van der Waals surface area (Å²) in [5, 5.41) is 4.77. The van der Waals surface area contributed by atoms with E-state index < -0.39 is 17.1 Å².